The molecular weight excluding hydrogens is 172 g/mol. The third-order valence-corrected chi connectivity index (χ3v) is 1.51. The summed E-state index contributed by atoms with van der Waals surface area (Å²) in [6.07, 6.45) is -0.681. The molecule has 0 spiro atoms. The van der Waals surface area contributed by atoms with Gasteiger partial charge in [0.05, 0.1) is 18.9 Å². The number of carbonyl (C=O) groups is 1. The zero-order valence-corrected chi connectivity index (χ0v) is 7.39. The first-order chi connectivity index (χ1) is 6.15. The fraction of sp³-hybridized carbons (Fsp3) is 0.375. The van der Waals surface area contributed by atoms with Crippen LogP contribution in [0.15, 0.2) is 12.1 Å². The second kappa shape index (κ2) is 3.95. The standard InChI is InChI=1S/C8H10N2O3/c1-5(11)6-3-4-7(10-9-6)8(12)13-2/h3-5,11H,1-2H3. The minimum absolute atomic E-state index is 0.131. The molecule has 13 heavy (non-hydrogen) atoms. The van der Waals surface area contributed by atoms with Gasteiger partial charge in [-0.15, -0.1) is 5.10 Å². The van der Waals surface area contributed by atoms with Gasteiger partial charge in [-0.2, -0.15) is 5.10 Å². The first-order valence-corrected chi connectivity index (χ1v) is 3.75. The number of esters is 1. The highest BCUT2D eigenvalue weighted by molar-refractivity contribution is 5.86. The highest BCUT2D eigenvalue weighted by Crippen LogP contribution is 2.07. The summed E-state index contributed by atoms with van der Waals surface area (Å²) in [6.45, 7) is 1.57. The molecule has 0 fully saturated rings. The van der Waals surface area contributed by atoms with Crippen molar-refractivity contribution in [1.82, 2.24) is 10.2 Å². The summed E-state index contributed by atoms with van der Waals surface area (Å²) in [6, 6.07) is 2.99. The molecule has 1 aromatic rings. The van der Waals surface area contributed by atoms with E-state index in [-0.39, 0.29) is 5.69 Å². The number of aromatic nitrogens is 2. The Bertz CT molecular complexity index is 295. The summed E-state index contributed by atoms with van der Waals surface area (Å²) in [7, 11) is 1.27. The number of hydrogen-bond donors (Lipinski definition) is 1. The van der Waals surface area contributed by atoms with Crippen molar-refractivity contribution in [2.45, 2.75) is 13.0 Å². The van der Waals surface area contributed by atoms with Crippen LogP contribution in [0, 0.1) is 0 Å². The molecule has 0 amide bonds. The predicted octanol–water partition coefficient (Wildman–Crippen LogP) is 0.316. The highest BCUT2D eigenvalue weighted by Gasteiger charge is 2.09. The Labute approximate surface area is 75.4 Å². The largest absolute Gasteiger partial charge is 0.464 e. The fourth-order valence-corrected chi connectivity index (χ4v) is 0.779. The van der Waals surface area contributed by atoms with Crippen LogP contribution in [0.3, 0.4) is 0 Å². The van der Waals surface area contributed by atoms with Gasteiger partial charge in [-0.1, -0.05) is 0 Å². The molecule has 1 N–H and O–H groups in total. The molecule has 1 rings (SSSR count). The maximum Gasteiger partial charge on any atom is 0.358 e. The van der Waals surface area contributed by atoms with Gasteiger partial charge in [0, 0.05) is 0 Å². The smallest absolute Gasteiger partial charge is 0.358 e. The average Bonchev–Trinajstić information content (AvgIpc) is 2.17. The van der Waals surface area contributed by atoms with Crippen LogP contribution in [0.2, 0.25) is 0 Å². The van der Waals surface area contributed by atoms with E-state index in [1.54, 1.807) is 6.92 Å². The molecule has 0 aromatic carbocycles. The summed E-state index contributed by atoms with van der Waals surface area (Å²) in [5.74, 6) is -0.537. The lowest BCUT2D eigenvalue weighted by Crippen LogP contribution is -2.07. The molecule has 0 aliphatic carbocycles. The summed E-state index contributed by atoms with van der Waals surface area (Å²) in [5, 5.41) is 16.3. The van der Waals surface area contributed by atoms with Gasteiger partial charge >= 0.3 is 5.97 Å². The van der Waals surface area contributed by atoms with Crippen LogP contribution in [-0.2, 0) is 4.74 Å². The van der Waals surface area contributed by atoms with Gasteiger partial charge < -0.3 is 9.84 Å². The number of methoxy groups -OCH3 is 1. The van der Waals surface area contributed by atoms with E-state index in [1.165, 1.54) is 19.2 Å². The first kappa shape index (κ1) is 9.60. The van der Waals surface area contributed by atoms with Gasteiger partial charge in [0.2, 0.25) is 0 Å². The highest BCUT2D eigenvalue weighted by atomic mass is 16.5. The van der Waals surface area contributed by atoms with Gasteiger partial charge in [-0.05, 0) is 19.1 Å². The van der Waals surface area contributed by atoms with Gasteiger partial charge in [-0.25, -0.2) is 4.79 Å². The molecule has 1 aromatic heterocycles. The lowest BCUT2D eigenvalue weighted by atomic mass is 10.2. The molecule has 0 bridgehead atoms. The molecule has 1 unspecified atom stereocenters. The molecule has 0 radical (unpaired) electrons. The van der Waals surface area contributed by atoms with Gasteiger partial charge in [-0.3, -0.25) is 0 Å². The van der Waals surface area contributed by atoms with Crippen molar-refractivity contribution >= 4 is 5.97 Å². The van der Waals surface area contributed by atoms with E-state index < -0.39 is 12.1 Å². The topological polar surface area (TPSA) is 72.3 Å². The Kier molecular flexibility index (Phi) is 2.92. The van der Waals surface area contributed by atoms with E-state index in [4.69, 9.17) is 5.11 Å². The quantitative estimate of drug-likeness (QED) is 0.666. The lowest BCUT2D eigenvalue weighted by Gasteiger charge is -2.02. The molecule has 0 aliphatic rings. The summed E-state index contributed by atoms with van der Waals surface area (Å²) in [4.78, 5) is 10.9. The minimum atomic E-state index is -0.681. The molecule has 1 heterocycles. The van der Waals surface area contributed by atoms with E-state index >= 15 is 0 Å². The summed E-state index contributed by atoms with van der Waals surface area (Å²) >= 11 is 0. The molecule has 0 aliphatic heterocycles. The summed E-state index contributed by atoms with van der Waals surface area (Å²) in [5.41, 5.74) is 0.555. The monoisotopic (exact) mass is 182 g/mol. The Hall–Kier alpha value is -1.49. The van der Waals surface area contributed by atoms with E-state index in [9.17, 15) is 4.79 Å². The molecule has 0 saturated carbocycles. The fourth-order valence-electron chi connectivity index (χ4n) is 0.779. The van der Waals surface area contributed by atoms with E-state index in [0.717, 1.165) is 0 Å². The molecule has 5 nitrogen and oxygen atoms in total. The number of nitrogens with zero attached hydrogens (tertiary/aromatic N) is 2. The predicted molar refractivity (Wildman–Crippen MR) is 44.0 cm³/mol. The maximum absolute atomic E-state index is 10.9. The third-order valence-electron chi connectivity index (χ3n) is 1.51. The Morgan fingerprint density at radius 3 is 2.62 bits per heavy atom. The minimum Gasteiger partial charge on any atom is -0.464 e. The van der Waals surface area contributed by atoms with Crippen molar-refractivity contribution in [2.24, 2.45) is 0 Å². The number of rotatable bonds is 2. The Balaban J connectivity index is 2.87. The first-order valence-electron chi connectivity index (χ1n) is 3.75. The Morgan fingerprint density at radius 1 is 1.54 bits per heavy atom. The van der Waals surface area contributed by atoms with E-state index in [0.29, 0.717) is 5.69 Å². The van der Waals surface area contributed by atoms with Crippen LogP contribution >= 0.6 is 0 Å². The van der Waals surface area contributed by atoms with Crippen molar-refractivity contribution in [3.05, 3.63) is 23.5 Å². The van der Waals surface area contributed by atoms with Crippen LogP contribution in [-0.4, -0.2) is 28.4 Å². The van der Waals surface area contributed by atoms with E-state index in [2.05, 4.69) is 14.9 Å². The summed E-state index contributed by atoms with van der Waals surface area (Å²) < 4.78 is 4.43. The third kappa shape index (κ3) is 2.22. The zero-order chi connectivity index (χ0) is 9.84. The van der Waals surface area contributed by atoms with Gasteiger partial charge in [0.15, 0.2) is 5.69 Å². The van der Waals surface area contributed by atoms with Crippen molar-refractivity contribution in [3.63, 3.8) is 0 Å². The van der Waals surface area contributed by atoms with Crippen molar-refractivity contribution < 1.29 is 14.6 Å². The normalized spacial score (nSPS) is 12.2. The number of ether oxygens (including phenoxy) is 1. The average molecular weight is 182 g/mol. The van der Waals surface area contributed by atoms with Crippen LogP contribution in [0.5, 0.6) is 0 Å². The van der Waals surface area contributed by atoms with Crippen LogP contribution in [0.25, 0.3) is 0 Å². The molecule has 70 valence electrons. The van der Waals surface area contributed by atoms with Crippen LogP contribution in [0.4, 0.5) is 0 Å². The number of aliphatic hydroxyl groups excluding tert-OH is 1. The second-order valence-electron chi connectivity index (χ2n) is 2.51. The number of aliphatic hydroxyl groups is 1. The molecular formula is C8H10N2O3. The van der Waals surface area contributed by atoms with Gasteiger partial charge in [0.1, 0.15) is 0 Å². The van der Waals surface area contributed by atoms with Gasteiger partial charge in [0.25, 0.3) is 0 Å². The number of hydrogen-bond acceptors (Lipinski definition) is 5. The van der Waals surface area contributed by atoms with E-state index in [1.807, 2.05) is 0 Å². The molecule has 0 saturated heterocycles. The maximum atomic E-state index is 10.9. The van der Waals surface area contributed by atoms with Crippen molar-refractivity contribution in [1.29, 1.82) is 0 Å². The Morgan fingerprint density at radius 2 is 2.23 bits per heavy atom. The number of carbonyl (C=O) groups excluding carboxylic acids is 1. The second-order valence-corrected chi connectivity index (χ2v) is 2.51. The van der Waals surface area contributed by atoms with Crippen LogP contribution < -0.4 is 0 Å². The SMILES string of the molecule is COC(=O)c1ccc(C(C)O)nn1. The van der Waals surface area contributed by atoms with Crippen molar-refractivity contribution in [2.75, 3.05) is 7.11 Å². The zero-order valence-electron chi connectivity index (χ0n) is 7.39. The molecule has 1 atom stereocenters. The lowest BCUT2D eigenvalue weighted by molar-refractivity contribution is 0.0592. The molecule has 5 heteroatoms. The van der Waals surface area contributed by atoms with Crippen LogP contribution in [0.1, 0.15) is 29.2 Å². The van der Waals surface area contributed by atoms with Crippen molar-refractivity contribution in [3.8, 4) is 0 Å².